The Hall–Kier alpha value is -1.30. The summed E-state index contributed by atoms with van der Waals surface area (Å²) in [4.78, 5) is 1.98. The summed E-state index contributed by atoms with van der Waals surface area (Å²) in [6.07, 6.45) is 1.85. The third kappa shape index (κ3) is 2.29. The molecule has 0 spiro atoms. The summed E-state index contributed by atoms with van der Waals surface area (Å²) in [7, 11) is 0. The molecule has 8 heteroatoms. The molecule has 0 unspecified atom stereocenters. The first-order valence-corrected chi connectivity index (χ1v) is 7.02. The van der Waals surface area contributed by atoms with Gasteiger partial charge in [0, 0.05) is 13.1 Å². The summed E-state index contributed by atoms with van der Waals surface area (Å²) < 4.78 is 6.73. The number of hydrogen-bond donors (Lipinski definition) is 1. The number of nitriles is 1. The first-order chi connectivity index (χ1) is 8.69. The van der Waals surface area contributed by atoms with E-state index in [4.69, 9.17) is 28.0 Å². The van der Waals surface area contributed by atoms with Gasteiger partial charge in [0.25, 0.3) is 0 Å². The lowest BCUT2D eigenvalue weighted by molar-refractivity contribution is 0.0676. The van der Waals surface area contributed by atoms with Gasteiger partial charge in [0.1, 0.15) is 22.5 Å². The maximum atomic E-state index is 9.06. The summed E-state index contributed by atoms with van der Waals surface area (Å²) >= 11 is 6.75. The van der Waals surface area contributed by atoms with Crippen LogP contribution >= 0.6 is 24.0 Å². The van der Waals surface area contributed by atoms with Crippen molar-refractivity contribution < 1.29 is 4.74 Å². The maximum Gasteiger partial charge on any atom is 0.198 e. The minimum Gasteiger partial charge on any atom is -0.382 e. The van der Waals surface area contributed by atoms with Crippen molar-refractivity contribution in [2.75, 3.05) is 38.3 Å². The van der Waals surface area contributed by atoms with Crippen molar-refractivity contribution >= 4 is 34.9 Å². The van der Waals surface area contributed by atoms with E-state index in [-0.39, 0.29) is 0 Å². The van der Waals surface area contributed by atoms with Gasteiger partial charge in [0.05, 0.1) is 13.2 Å². The van der Waals surface area contributed by atoms with Crippen LogP contribution in [0.5, 0.6) is 0 Å². The van der Waals surface area contributed by atoms with Gasteiger partial charge in [0.2, 0.25) is 0 Å². The Bertz CT molecular complexity index is 501. The molecule has 0 bridgehead atoms. The zero-order valence-corrected chi connectivity index (χ0v) is 11.6. The molecule has 0 atom stereocenters. The number of anilines is 1. The number of rotatable bonds is 1. The number of thioether (sulfide) groups is 1. The lowest BCUT2D eigenvalue weighted by Crippen LogP contribution is -2.43. The summed E-state index contributed by atoms with van der Waals surface area (Å²) in [6, 6.07) is 2.06. The van der Waals surface area contributed by atoms with Crippen molar-refractivity contribution in [1.29, 1.82) is 5.26 Å². The summed E-state index contributed by atoms with van der Waals surface area (Å²) in [5, 5.41) is 14.5. The van der Waals surface area contributed by atoms with E-state index >= 15 is 0 Å². The summed E-state index contributed by atoms with van der Waals surface area (Å²) in [5.41, 5.74) is 6.30. The molecule has 0 amide bonds. The first kappa shape index (κ1) is 13.1. The average molecular weight is 283 g/mol. The number of aromatic nitrogens is 2. The Kier molecular flexibility index (Phi) is 4.06. The van der Waals surface area contributed by atoms with Crippen LogP contribution in [-0.2, 0) is 4.74 Å². The van der Waals surface area contributed by atoms with Gasteiger partial charge in [-0.05, 0) is 18.5 Å². The van der Waals surface area contributed by atoms with Crippen LogP contribution in [0.15, 0.2) is 5.03 Å². The second-order valence-corrected chi connectivity index (χ2v) is 4.84. The normalized spacial score (nSPS) is 15.4. The SMILES string of the molecule is CSc1nn(C(=S)N2CCOCC2)c(N)c1C#N. The molecule has 0 saturated carbocycles. The van der Waals surface area contributed by atoms with Crippen molar-refractivity contribution in [3.63, 3.8) is 0 Å². The van der Waals surface area contributed by atoms with Crippen LogP contribution in [0.2, 0.25) is 0 Å². The summed E-state index contributed by atoms with van der Waals surface area (Å²) in [6.45, 7) is 2.72. The molecule has 6 nitrogen and oxygen atoms in total. The number of morpholine rings is 1. The zero-order valence-electron chi connectivity index (χ0n) is 9.92. The van der Waals surface area contributed by atoms with Crippen LogP contribution in [0.3, 0.4) is 0 Å². The molecule has 1 saturated heterocycles. The number of nitrogens with two attached hydrogens (primary N) is 1. The molecular formula is C10H13N5OS2. The van der Waals surface area contributed by atoms with Gasteiger partial charge >= 0.3 is 0 Å². The van der Waals surface area contributed by atoms with E-state index < -0.39 is 0 Å². The van der Waals surface area contributed by atoms with Crippen molar-refractivity contribution in [3.05, 3.63) is 5.56 Å². The third-order valence-electron chi connectivity index (χ3n) is 2.66. The van der Waals surface area contributed by atoms with E-state index in [0.29, 0.717) is 47.8 Å². The lowest BCUT2D eigenvalue weighted by atomic mass is 10.4. The highest BCUT2D eigenvalue weighted by Gasteiger charge is 2.21. The predicted octanol–water partition coefficient (Wildman–Crippen LogP) is 0.524. The van der Waals surface area contributed by atoms with Gasteiger partial charge in [-0.2, -0.15) is 15.0 Å². The molecule has 1 aliphatic rings. The molecule has 1 aromatic rings. The highest BCUT2D eigenvalue weighted by Crippen LogP contribution is 2.24. The Morgan fingerprint density at radius 1 is 1.56 bits per heavy atom. The molecule has 1 aromatic heterocycles. The van der Waals surface area contributed by atoms with Crippen LogP contribution in [0, 0.1) is 11.3 Å². The Labute approximate surface area is 115 Å². The van der Waals surface area contributed by atoms with Crippen molar-refractivity contribution in [2.45, 2.75) is 5.03 Å². The van der Waals surface area contributed by atoms with Crippen LogP contribution < -0.4 is 5.73 Å². The maximum absolute atomic E-state index is 9.06. The van der Waals surface area contributed by atoms with E-state index in [1.54, 1.807) is 0 Å². The fourth-order valence-corrected chi connectivity index (χ4v) is 2.53. The third-order valence-corrected chi connectivity index (χ3v) is 3.76. The Balaban J connectivity index is 2.30. The van der Waals surface area contributed by atoms with E-state index in [1.165, 1.54) is 16.4 Å². The fraction of sp³-hybridized carbons (Fsp3) is 0.500. The van der Waals surface area contributed by atoms with E-state index in [0.717, 1.165) is 0 Å². The van der Waals surface area contributed by atoms with Crippen molar-refractivity contribution in [3.8, 4) is 6.07 Å². The smallest absolute Gasteiger partial charge is 0.198 e. The number of nitrogen functional groups attached to an aromatic ring is 1. The second-order valence-electron chi connectivity index (χ2n) is 3.68. The quantitative estimate of drug-likeness (QED) is 0.594. The molecular weight excluding hydrogens is 270 g/mol. The largest absolute Gasteiger partial charge is 0.382 e. The Morgan fingerprint density at radius 2 is 2.22 bits per heavy atom. The number of hydrogen-bond acceptors (Lipinski definition) is 6. The molecule has 0 aliphatic carbocycles. The van der Waals surface area contributed by atoms with Gasteiger partial charge in [0.15, 0.2) is 5.11 Å². The molecule has 2 rings (SSSR count). The highest BCUT2D eigenvalue weighted by atomic mass is 32.2. The van der Waals surface area contributed by atoms with Gasteiger partial charge in [-0.15, -0.1) is 11.8 Å². The van der Waals surface area contributed by atoms with Crippen LogP contribution in [0.4, 0.5) is 5.82 Å². The first-order valence-electron chi connectivity index (χ1n) is 5.38. The molecule has 18 heavy (non-hydrogen) atoms. The molecule has 0 aromatic carbocycles. The van der Waals surface area contributed by atoms with Crippen molar-refractivity contribution in [1.82, 2.24) is 14.7 Å². The van der Waals surface area contributed by atoms with E-state index in [9.17, 15) is 0 Å². The second kappa shape index (κ2) is 5.56. The number of ether oxygens (including phenoxy) is 1. The van der Waals surface area contributed by atoms with Gasteiger partial charge < -0.3 is 15.4 Å². The zero-order chi connectivity index (χ0) is 13.1. The predicted molar refractivity (Wildman–Crippen MR) is 73.5 cm³/mol. The van der Waals surface area contributed by atoms with Gasteiger partial charge in [-0.3, -0.25) is 0 Å². The van der Waals surface area contributed by atoms with Gasteiger partial charge in [-0.25, -0.2) is 0 Å². The average Bonchev–Trinajstić information content (AvgIpc) is 2.75. The number of nitrogens with zero attached hydrogens (tertiary/aromatic N) is 4. The molecule has 2 N–H and O–H groups in total. The summed E-state index contributed by atoms with van der Waals surface area (Å²) in [5.74, 6) is 0.304. The molecule has 0 radical (unpaired) electrons. The molecule has 96 valence electrons. The molecule has 1 aliphatic heterocycles. The number of thiocarbonyl (C=S) groups is 1. The van der Waals surface area contributed by atoms with E-state index in [1.807, 2.05) is 11.2 Å². The van der Waals surface area contributed by atoms with Crippen LogP contribution in [0.1, 0.15) is 5.56 Å². The van der Waals surface area contributed by atoms with Crippen molar-refractivity contribution in [2.24, 2.45) is 0 Å². The molecule has 2 heterocycles. The van der Waals surface area contributed by atoms with Crippen LogP contribution in [-0.4, -0.2) is 52.4 Å². The topological polar surface area (TPSA) is 80.1 Å². The minimum absolute atomic E-state index is 0.304. The van der Waals surface area contributed by atoms with Crippen LogP contribution in [0.25, 0.3) is 0 Å². The van der Waals surface area contributed by atoms with Gasteiger partial charge in [-0.1, -0.05) is 0 Å². The monoisotopic (exact) mass is 283 g/mol. The Morgan fingerprint density at radius 3 is 2.72 bits per heavy atom. The van der Waals surface area contributed by atoms with E-state index in [2.05, 4.69) is 11.2 Å². The fourth-order valence-electron chi connectivity index (χ4n) is 1.69. The highest BCUT2D eigenvalue weighted by molar-refractivity contribution is 7.98. The standard InChI is InChI=1S/C10H13N5OS2/c1-18-9-7(6-11)8(12)15(13-9)10(17)14-2-4-16-5-3-14/h2-5,12H2,1H3. The molecule has 1 fully saturated rings. The lowest BCUT2D eigenvalue weighted by Gasteiger charge is -2.28. The minimum atomic E-state index is 0.304.